The van der Waals surface area contributed by atoms with Crippen molar-refractivity contribution in [2.75, 3.05) is 24.5 Å². The van der Waals surface area contributed by atoms with Crippen molar-refractivity contribution >= 4 is 5.69 Å². The molecule has 2 rings (SSSR count). The van der Waals surface area contributed by atoms with Gasteiger partial charge in [-0.1, -0.05) is 0 Å². The van der Waals surface area contributed by atoms with Crippen LogP contribution in [-0.4, -0.2) is 19.6 Å². The predicted molar refractivity (Wildman–Crippen MR) is 65.1 cm³/mol. The molecule has 0 saturated carbocycles. The summed E-state index contributed by atoms with van der Waals surface area (Å²) in [7, 11) is 0. The van der Waals surface area contributed by atoms with Crippen molar-refractivity contribution in [3.63, 3.8) is 0 Å². The molecule has 0 aliphatic carbocycles. The number of halogens is 1. The molecule has 1 heterocycles. The minimum absolute atomic E-state index is 0.353. The van der Waals surface area contributed by atoms with Crippen LogP contribution in [-0.2, 0) is 0 Å². The first-order valence-electron chi connectivity index (χ1n) is 5.88. The van der Waals surface area contributed by atoms with Crippen molar-refractivity contribution < 1.29 is 4.39 Å². The van der Waals surface area contributed by atoms with E-state index in [0.29, 0.717) is 18.0 Å². The maximum atomic E-state index is 13.3. The smallest absolute Gasteiger partial charge is 0.126 e. The molecule has 0 bridgehead atoms. The molecule has 1 unspecified atom stereocenters. The second-order valence-electron chi connectivity index (χ2n) is 4.50. The van der Waals surface area contributed by atoms with Crippen molar-refractivity contribution in [3.8, 4) is 6.07 Å². The van der Waals surface area contributed by atoms with E-state index in [9.17, 15) is 4.39 Å². The molecule has 90 valence electrons. The second-order valence-corrected chi connectivity index (χ2v) is 4.50. The lowest BCUT2D eigenvalue weighted by atomic mass is 9.97. The Morgan fingerprint density at radius 1 is 1.47 bits per heavy atom. The molecule has 1 aromatic rings. The summed E-state index contributed by atoms with van der Waals surface area (Å²) in [6.45, 7) is 2.42. The van der Waals surface area contributed by atoms with Crippen LogP contribution < -0.4 is 10.6 Å². The van der Waals surface area contributed by atoms with Crippen LogP contribution in [0.15, 0.2) is 18.2 Å². The van der Waals surface area contributed by atoms with Gasteiger partial charge in [0, 0.05) is 18.8 Å². The van der Waals surface area contributed by atoms with Crippen LogP contribution in [0.1, 0.15) is 18.4 Å². The largest absolute Gasteiger partial charge is 0.371 e. The number of hydrogen-bond acceptors (Lipinski definition) is 3. The van der Waals surface area contributed by atoms with Gasteiger partial charge in [-0.15, -0.1) is 0 Å². The van der Waals surface area contributed by atoms with E-state index in [4.69, 9.17) is 11.0 Å². The van der Waals surface area contributed by atoms with Crippen molar-refractivity contribution in [2.24, 2.45) is 11.7 Å². The van der Waals surface area contributed by atoms with Crippen LogP contribution >= 0.6 is 0 Å². The van der Waals surface area contributed by atoms with Crippen molar-refractivity contribution in [3.05, 3.63) is 29.6 Å². The zero-order chi connectivity index (χ0) is 12.3. The molecular weight excluding hydrogens is 217 g/mol. The summed E-state index contributed by atoms with van der Waals surface area (Å²) in [6.07, 6.45) is 2.20. The van der Waals surface area contributed by atoms with E-state index in [0.717, 1.165) is 31.6 Å². The molecule has 1 saturated heterocycles. The number of anilines is 1. The first kappa shape index (κ1) is 11.9. The van der Waals surface area contributed by atoms with Gasteiger partial charge < -0.3 is 10.6 Å². The Morgan fingerprint density at radius 2 is 2.29 bits per heavy atom. The van der Waals surface area contributed by atoms with Gasteiger partial charge in [-0.2, -0.15) is 5.26 Å². The number of piperidine rings is 1. The third-order valence-corrected chi connectivity index (χ3v) is 3.23. The maximum Gasteiger partial charge on any atom is 0.126 e. The molecule has 1 fully saturated rings. The standard InChI is InChI=1S/C13H16FN3/c14-12-4-11(8-16)5-13(6-12)17-3-1-2-10(7-15)9-17/h4-6,10H,1-3,7,9,15H2. The lowest BCUT2D eigenvalue weighted by Crippen LogP contribution is -2.38. The third-order valence-electron chi connectivity index (χ3n) is 3.23. The monoisotopic (exact) mass is 233 g/mol. The Morgan fingerprint density at radius 3 is 3.00 bits per heavy atom. The zero-order valence-corrected chi connectivity index (χ0v) is 9.69. The number of rotatable bonds is 2. The number of benzene rings is 1. The topological polar surface area (TPSA) is 53.0 Å². The first-order chi connectivity index (χ1) is 8.22. The highest BCUT2D eigenvalue weighted by atomic mass is 19.1. The van der Waals surface area contributed by atoms with E-state index in [1.165, 1.54) is 12.1 Å². The van der Waals surface area contributed by atoms with Gasteiger partial charge in [0.05, 0.1) is 11.6 Å². The van der Waals surface area contributed by atoms with Gasteiger partial charge >= 0.3 is 0 Å². The highest BCUT2D eigenvalue weighted by molar-refractivity contribution is 5.52. The van der Waals surface area contributed by atoms with Gasteiger partial charge in [-0.3, -0.25) is 0 Å². The molecule has 0 amide bonds. The minimum atomic E-state index is -0.353. The van der Waals surface area contributed by atoms with Crippen LogP contribution in [0.2, 0.25) is 0 Å². The summed E-state index contributed by atoms with van der Waals surface area (Å²) in [5.41, 5.74) is 6.84. The zero-order valence-electron chi connectivity index (χ0n) is 9.69. The SMILES string of the molecule is N#Cc1cc(F)cc(N2CCCC(CN)C2)c1. The van der Waals surface area contributed by atoms with Crippen molar-refractivity contribution in [2.45, 2.75) is 12.8 Å². The Labute approximate surface area is 101 Å². The van der Waals surface area contributed by atoms with Crippen LogP contribution in [0, 0.1) is 23.1 Å². The van der Waals surface area contributed by atoms with Crippen molar-refractivity contribution in [1.29, 1.82) is 5.26 Å². The summed E-state index contributed by atoms with van der Waals surface area (Å²) in [5, 5.41) is 8.83. The molecule has 0 spiro atoms. The molecule has 3 nitrogen and oxygen atoms in total. The average molecular weight is 233 g/mol. The first-order valence-corrected chi connectivity index (χ1v) is 5.88. The number of hydrogen-bond donors (Lipinski definition) is 1. The highest BCUT2D eigenvalue weighted by Gasteiger charge is 2.19. The maximum absolute atomic E-state index is 13.3. The van der Waals surface area contributed by atoms with Gasteiger partial charge in [0.1, 0.15) is 5.82 Å². The van der Waals surface area contributed by atoms with Gasteiger partial charge in [0.15, 0.2) is 0 Å². The van der Waals surface area contributed by atoms with Gasteiger partial charge in [-0.05, 0) is 43.5 Å². The van der Waals surface area contributed by atoms with E-state index in [1.54, 1.807) is 6.07 Å². The fraction of sp³-hybridized carbons (Fsp3) is 0.462. The van der Waals surface area contributed by atoms with E-state index in [-0.39, 0.29) is 5.82 Å². The molecule has 1 aliphatic heterocycles. The van der Waals surface area contributed by atoms with Gasteiger partial charge in [0.25, 0.3) is 0 Å². The van der Waals surface area contributed by atoms with E-state index in [1.807, 2.05) is 6.07 Å². The Balaban J connectivity index is 2.21. The van der Waals surface area contributed by atoms with Crippen LogP contribution in [0.4, 0.5) is 10.1 Å². The highest BCUT2D eigenvalue weighted by Crippen LogP contribution is 2.24. The molecule has 1 aromatic carbocycles. The van der Waals surface area contributed by atoms with Crippen molar-refractivity contribution in [1.82, 2.24) is 0 Å². The summed E-state index contributed by atoms with van der Waals surface area (Å²) >= 11 is 0. The molecular formula is C13H16FN3. The summed E-state index contributed by atoms with van der Waals surface area (Å²) < 4.78 is 13.3. The van der Waals surface area contributed by atoms with E-state index < -0.39 is 0 Å². The molecule has 0 radical (unpaired) electrons. The van der Waals surface area contributed by atoms with Gasteiger partial charge in [0.2, 0.25) is 0 Å². The number of nitrogens with two attached hydrogens (primary N) is 1. The van der Waals surface area contributed by atoms with Gasteiger partial charge in [-0.25, -0.2) is 4.39 Å². The van der Waals surface area contributed by atoms with Crippen LogP contribution in [0.25, 0.3) is 0 Å². The molecule has 17 heavy (non-hydrogen) atoms. The quantitative estimate of drug-likeness (QED) is 0.848. The third kappa shape index (κ3) is 2.75. The molecule has 2 N–H and O–H groups in total. The number of nitrogens with zero attached hydrogens (tertiary/aromatic N) is 2. The molecule has 1 atom stereocenters. The second kappa shape index (κ2) is 5.15. The molecule has 4 heteroatoms. The Hall–Kier alpha value is -1.60. The lowest BCUT2D eigenvalue weighted by molar-refractivity contribution is 0.423. The lowest BCUT2D eigenvalue weighted by Gasteiger charge is -2.34. The van der Waals surface area contributed by atoms with E-state index >= 15 is 0 Å². The summed E-state index contributed by atoms with van der Waals surface area (Å²) in [4.78, 5) is 2.12. The number of nitriles is 1. The minimum Gasteiger partial charge on any atom is -0.371 e. The van der Waals surface area contributed by atoms with Crippen LogP contribution in [0.3, 0.4) is 0 Å². The Bertz CT molecular complexity index is 439. The Kier molecular flexibility index (Phi) is 3.60. The summed E-state index contributed by atoms with van der Waals surface area (Å²) in [6, 6.07) is 6.46. The molecule has 0 aromatic heterocycles. The summed E-state index contributed by atoms with van der Waals surface area (Å²) in [5.74, 6) is 0.117. The van der Waals surface area contributed by atoms with Crippen LogP contribution in [0.5, 0.6) is 0 Å². The fourth-order valence-electron chi connectivity index (χ4n) is 2.31. The normalized spacial score (nSPS) is 20.1. The van der Waals surface area contributed by atoms with E-state index in [2.05, 4.69) is 4.90 Å². The average Bonchev–Trinajstić information content (AvgIpc) is 2.38. The fourth-order valence-corrected chi connectivity index (χ4v) is 2.31. The molecule has 1 aliphatic rings. The predicted octanol–water partition coefficient (Wildman–Crippen LogP) is 1.87.